The Kier molecular flexibility index (Phi) is 3.64. The molecule has 3 heteroatoms. The quantitative estimate of drug-likeness (QED) is 0.849. The molecule has 23 heavy (non-hydrogen) atoms. The van der Waals surface area contributed by atoms with E-state index in [-0.39, 0.29) is 11.3 Å². The number of ketones is 1. The lowest BCUT2D eigenvalue weighted by Gasteiger charge is -2.06. The molecular weight excluding hydrogens is 288 g/mol. The lowest BCUT2D eigenvalue weighted by atomic mass is 9.98. The fourth-order valence-electron chi connectivity index (χ4n) is 3.37. The summed E-state index contributed by atoms with van der Waals surface area (Å²) >= 11 is 0. The zero-order chi connectivity index (χ0) is 16.7. The van der Waals surface area contributed by atoms with E-state index in [2.05, 4.69) is 0 Å². The lowest BCUT2D eigenvalue weighted by Crippen LogP contribution is -2.04. The molecule has 1 aliphatic rings. The van der Waals surface area contributed by atoms with Crippen LogP contribution in [-0.2, 0) is 6.42 Å². The molecular formula is C20H18O3. The van der Waals surface area contributed by atoms with Crippen molar-refractivity contribution >= 4 is 17.8 Å². The number of carbonyl (C=O) groups is 2. The van der Waals surface area contributed by atoms with Gasteiger partial charge in [0.1, 0.15) is 0 Å². The van der Waals surface area contributed by atoms with Crippen molar-refractivity contribution in [3.8, 4) is 0 Å². The number of hydrogen-bond acceptors (Lipinski definition) is 2. The molecule has 116 valence electrons. The summed E-state index contributed by atoms with van der Waals surface area (Å²) in [4.78, 5) is 24.2. The zero-order valence-electron chi connectivity index (χ0n) is 13.4. The Balaban J connectivity index is 2.11. The van der Waals surface area contributed by atoms with E-state index in [0.29, 0.717) is 23.1 Å². The maximum atomic E-state index is 12.7. The number of allylic oxidation sites excluding steroid dienone is 1. The molecule has 0 atom stereocenters. The SMILES string of the molecule is Cc1cc(C)c2c(c1)C/C(=C\c1cccc(C)c1C(=O)O)C2=O. The van der Waals surface area contributed by atoms with Gasteiger partial charge in [0, 0.05) is 17.6 Å². The van der Waals surface area contributed by atoms with Crippen molar-refractivity contribution < 1.29 is 14.7 Å². The van der Waals surface area contributed by atoms with Crippen LogP contribution in [0.3, 0.4) is 0 Å². The van der Waals surface area contributed by atoms with Crippen LogP contribution in [0.4, 0.5) is 0 Å². The number of carbonyl (C=O) groups excluding carboxylic acids is 1. The van der Waals surface area contributed by atoms with Gasteiger partial charge in [0.25, 0.3) is 0 Å². The van der Waals surface area contributed by atoms with Crippen LogP contribution in [0.15, 0.2) is 35.9 Å². The summed E-state index contributed by atoms with van der Waals surface area (Å²) in [7, 11) is 0. The van der Waals surface area contributed by atoms with Gasteiger partial charge >= 0.3 is 5.97 Å². The molecule has 0 saturated heterocycles. The Hall–Kier alpha value is -2.68. The molecule has 0 aromatic heterocycles. The minimum absolute atomic E-state index is 0.00958. The fourth-order valence-corrected chi connectivity index (χ4v) is 3.37. The second kappa shape index (κ2) is 5.51. The molecule has 1 N–H and O–H groups in total. The Morgan fingerprint density at radius 1 is 1.13 bits per heavy atom. The first-order valence-corrected chi connectivity index (χ1v) is 7.57. The van der Waals surface area contributed by atoms with Crippen LogP contribution in [0.2, 0.25) is 0 Å². The van der Waals surface area contributed by atoms with Crippen molar-refractivity contribution in [3.05, 3.63) is 74.8 Å². The first kappa shape index (κ1) is 15.2. The van der Waals surface area contributed by atoms with E-state index >= 15 is 0 Å². The minimum atomic E-state index is -0.968. The first-order chi connectivity index (χ1) is 10.9. The average Bonchev–Trinajstić information content (AvgIpc) is 2.74. The Morgan fingerprint density at radius 2 is 1.87 bits per heavy atom. The number of aryl methyl sites for hydroxylation is 3. The third kappa shape index (κ3) is 2.59. The first-order valence-electron chi connectivity index (χ1n) is 7.57. The highest BCUT2D eigenvalue weighted by molar-refractivity contribution is 6.16. The van der Waals surface area contributed by atoms with Crippen molar-refractivity contribution in [2.75, 3.05) is 0 Å². The number of rotatable bonds is 2. The largest absolute Gasteiger partial charge is 0.478 e. The molecule has 0 aliphatic heterocycles. The number of Topliss-reactive ketones (excluding diaryl/α,β-unsaturated/α-hetero) is 1. The van der Waals surface area contributed by atoms with Crippen LogP contribution in [0, 0.1) is 20.8 Å². The number of benzene rings is 2. The Labute approximate surface area is 135 Å². The van der Waals surface area contributed by atoms with Crippen molar-refractivity contribution in [1.82, 2.24) is 0 Å². The summed E-state index contributed by atoms with van der Waals surface area (Å²) < 4.78 is 0. The molecule has 0 radical (unpaired) electrons. The van der Waals surface area contributed by atoms with Crippen LogP contribution in [0.5, 0.6) is 0 Å². The number of carboxylic acid groups (broad SMARTS) is 1. The van der Waals surface area contributed by atoms with Crippen LogP contribution in [0.1, 0.15) is 48.5 Å². The van der Waals surface area contributed by atoms with Gasteiger partial charge in [0.15, 0.2) is 5.78 Å². The molecule has 2 aromatic rings. The van der Waals surface area contributed by atoms with E-state index in [9.17, 15) is 14.7 Å². The van der Waals surface area contributed by atoms with Crippen molar-refractivity contribution in [1.29, 1.82) is 0 Å². The summed E-state index contributed by atoms with van der Waals surface area (Å²) in [6.45, 7) is 5.73. The van der Waals surface area contributed by atoms with E-state index in [4.69, 9.17) is 0 Å². The van der Waals surface area contributed by atoms with Crippen LogP contribution < -0.4 is 0 Å². The second-order valence-corrected chi connectivity index (χ2v) is 6.14. The standard InChI is InChI=1S/C20H18O3/c1-11-7-13(3)17-15(8-11)10-16(19(17)21)9-14-6-4-5-12(2)18(14)20(22)23/h4-9H,10H2,1-3H3,(H,22,23)/b16-9+. The number of hydrogen-bond donors (Lipinski definition) is 1. The van der Waals surface area contributed by atoms with Gasteiger partial charge in [0.05, 0.1) is 5.56 Å². The topological polar surface area (TPSA) is 54.4 Å². The molecule has 0 fully saturated rings. The molecule has 2 aromatic carbocycles. The van der Waals surface area contributed by atoms with Gasteiger partial charge in [-0.1, -0.05) is 35.9 Å². The number of carboxylic acids is 1. The molecule has 0 bridgehead atoms. The van der Waals surface area contributed by atoms with Gasteiger partial charge in [-0.25, -0.2) is 4.79 Å². The normalized spacial score (nSPS) is 15.1. The molecule has 3 rings (SSSR count). The predicted octanol–water partition coefficient (Wildman–Crippen LogP) is 4.13. The number of aromatic carboxylic acids is 1. The molecule has 0 saturated carbocycles. The second-order valence-electron chi connectivity index (χ2n) is 6.14. The molecule has 3 nitrogen and oxygen atoms in total. The smallest absolute Gasteiger partial charge is 0.336 e. The minimum Gasteiger partial charge on any atom is -0.478 e. The zero-order valence-corrected chi connectivity index (χ0v) is 13.4. The van der Waals surface area contributed by atoms with E-state index in [1.807, 2.05) is 32.0 Å². The average molecular weight is 306 g/mol. The molecule has 0 heterocycles. The van der Waals surface area contributed by atoms with Crippen LogP contribution in [-0.4, -0.2) is 16.9 Å². The summed E-state index contributed by atoms with van der Waals surface area (Å²) in [5.41, 5.74) is 6.12. The fraction of sp³-hybridized carbons (Fsp3) is 0.200. The van der Waals surface area contributed by atoms with Gasteiger partial charge in [-0.2, -0.15) is 0 Å². The van der Waals surface area contributed by atoms with Crippen molar-refractivity contribution in [3.63, 3.8) is 0 Å². The number of fused-ring (bicyclic) bond motifs is 1. The maximum absolute atomic E-state index is 12.7. The summed E-state index contributed by atoms with van der Waals surface area (Å²) in [5, 5.41) is 9.43. The third-order valence-corrected chi connectivity index (χ3v) is 4.31. The van der Waals surface area contributed by atoms with E-state index in [1.54, 1.807) is 25.1 Å². The van der Waals surface area contributed by atoms with Gasteiger partial charge < -0.3 is 5.11 Å². The molecule has 0 unspecified atom stereocenters. The van der Waals surface area contributed by atoms with Crippen LogP contribution >= 0.6 is 0 Å². The Morgan fingerprint density at radius 3 is 2.57 bits per heavy atom. The predicted molar refractivity (Wildman–Crippen MR) is 90.1 cm³/mol. The van der Waals surface area contributed by atoms with Gasteiger partial charge in [0.2, 0.25) is 0 Å². The highest BCUT2D eigenvalue weighted by atomic mass is 16.4. The Bertz CT molecular complexity index is 873. The van der Waals surface area contributed by atoms with Gasteiger partial charge in [-0.05, 0) is 49.1 Å². The van der Waals surface area contributed by atoms with E-state index < -0.39 is 5.97 Å². The summed E-state index contributed by atoms with van der Waals surface area (Å²) in [6, 6.07) is 9.38. The lowest BCUT2D eigenvalue weighted by molar-refractivity contribution is 0.0695. The van der Waals surface area contributed by atoms with Crippen molar-refractivity contribution in [2.45, 2.75) is 27.2 Å². The van der Waals surface area contributed by atoms with E-state index in [1.165, 1.54) is 0 Å². The van der Waals surface area contributed by atoms with E-state index in [0.717, 1.165) is 22.3 Å². The van der Waals surface area contributed by atoms with Gasteiger partial charge in [-0.3, -0.25) is 4.79 Å². The summed E-state index contributed by atoms with van der Waals surface area (Å²) in [5.74, 6) is -0.958. The van der Waals surface area contributed by atoms with Gasteiger partial charge in [-0.15, -0.1) is 0 Å². The third-order valence-electron chi connectivity index (χ3n) is 4.31. The maximum Gasteiger partial charge on any atom is 0.336 e. The van der Waals surface area contributed by atoms with Crippen molar-refractivity contribution in [2.24, 2.45) is 0 Å². The molecule has 1 aliphatic carbocycles. The monoisotopic (exact) mass is 306 g/mol. The van der Waals surface area contributed by atoms with Crippen LogP contribution in [0.25, 0.3) is 6.08 Å². The highest BCUT2D eigenvalue weighted by Crippen LogP contribution is 2.32. The summed E-state index contributed by atoms with van der Waals surface area (Å²) in [6.07, 6.45) is 2.29. The highest BCUT2D eigenvalue weighted by Gasteiger charge is 2.27. The molecule has 0 spiro atoms. The molecule has 0 amide bonds.